The van der Waals surface area contributed by atoms with E-state index in [1.807, 2.05) is 0 Å². The van der Waals surface area contributed by atoms with Crippen molar-refractivity contribution in [2.24, 2.45) is 64.1 Å². The van der Waals surface area contributed by atoms with Crippen LogP contribution in [0.15, 0.2) is 0 Å². The predicted octanol–water partition coefficient (Wildman–Crippen LogP) is 8.71. The molecular formula is C29H46F3IO2. The van der Waals surface area contributed by atoms with Gasteiger partial charge >= 0.3 is 12.1 Å². The van der Waals surface area contributed by atoms with Gasteiger partial charge in [-0.3, -0.25) is 0 Å². The Morgan fingerprint density at radius 2 is 1.80 bits per heavy atom. The molecule has 12 atom stereocenters. The van der Waals surface area contributed by atoms with E-state index in [4.69, 9.17) is 4.74 Å². The summed E-state index contributed by atoms with van der Waals surface area (Å²) in [5.74, 6) is 1.28. The van der Waals surface area contributed by atoms with Crippen LogP contribution in [-0.4, -0.2) is 22.7 Å². The molecule has 4 fully saturated rings. The van der Waals surface area contributed by atoms with Gasteiger partial charge in [0.05, 0.1) is 0 Å². The third-order valence-corrected chi connectivity index (χ3v) is 12.3. The Morgan fingerprint density at radius 3 is 2.40 bits per heavy atom. The Balaban J connectivity index is 1.80. The van der Waals surface area contributed by atoms with Crippen molar-refractivity contribution in [3.8, 4) is 0 Å². The van der Waals surface area contributed by atoms with Crippen LogP contribution in [0.2, 0.25) is 0 Å². The van der Waals surface area contributed by atoms with E-state index in [2.05, 4.69) is 64.1 Å². The van der Waals surface area contributed by atoms with E-state index in [1.54, 1.807) is 0 Å². The van der Waals surface area contributed by atoms with Gasteiger partial charge in [-0.1, -0.05) is 70.6 Å². The van der Waals surface area contributed by atoms with E-state index in [9.17, 15) is 18.0 Å². The molecule has 6 heteroatoms. The van der Waals surface area contributed by atoms with E-state index in [1.165, 1.54) is 12.8 Å². The summed E-state index contributed by atoms with van der Waals surface area (Å²) in [7, 11) is 0. The lowest BCUT2D eigenvalue weighted by molar-refractivity contribution is -0.247. The van der Waals surface area contributed by atoms with Crippen molar-refractivity contribution >= 4 is 28.6 Å². The van der Waals surface area contributed by atoms with Crippen molar-refractivity contribution in [1.29, 1.82) is 0 Å². The summed E-state index contributed by atoms with van der Waals surface area (Å²) >= 11 is 2.47. The third-order valence-electron chi connectivity index (χ3n) is 11.7. The summed E-state index contributed by atoms with van der Waals surface area (Å²) in [4.78, 5) is 12.3. The van der Waals surface area contributed by atoms with Gasteiger partial charge in [-0.2, -0.15) is 13.2 Å². The number of ether oxygens (including phenoxy) is 1. The van der Waals surface area contributed by atoms with Crippen molar-refractivity contribution in [3.63, 3.8) is 0 Å². The summed E-state index contributed by atoms with van der Waals surface area (Å²) in [6, 6.07) is 0. The largest absolute Gasteiger partial charge is 0.490 e. The Hall–Kier alpha value is -0.0100. The van der Waals surface area contributed by atoms with Crippen LogP contribution < -0.4 is 0 Å². The molecule has 0 heterocycles. The monoisotopic (exact) mass is 610 g/mol. The lowest BCUT2D eigenvalue weighted by Crippen LogP contribution is -2.64. The lowest BCUT2D eigenvalue weighted by atomic mass is 9.39. The molecule has 0 aromatic rings. The molecule has 0 N–H and O–H groups in total. The third kappa shape index (κ3) is 4.60. The number of alkyl halides is 4. The smallest absolute Gasteiger partial charge is 0.455 e. The number of carbonyl (C=O) groups is 1. The standard InChI is InChI=1S/C29H46F3IO2/c1-7-19-22-14-16(2)10-12-27(22,5)24-18(4)15-28(6)20(17(3)11-13-33)8-9-21(28)23(24)25(19)35-26(34)29(30,31)32/h16-25H,7-15H2,1-6H3/t16-,17-,18?,19-,20-,21?,22+,23?,24?,25?,27+,28-/m1/s1. The maximum atomic E-state index is 13.5. The topological polar surface area (TPSA) is 26.3 Å². The van der Waals surface area contributed by atoms with Crippen LogP contribution in [-0.2, 0) is 9.53 Å². The Labute approximate surface area is 224 Å². The Bertz CT molecular complexity index is 786. The fraction of sp³-hybridized carbons (Fsp3) is 0.966. The summed E-state index contributed by atoms with van der Waals surface area (Å²) in [6.45, 7) is 14.0. The molecule has 0 amide bonds. The van der Waals surface area contributed by atoms with Gasteiger partial charge in [0, 0.05) is 5.92 Å². The highest BCUT2D eigenvalue weighted by Gasteiger charge is 2.68. The summed E-state index contributed by atoms with van der Waals surface area (Å²) < 4.78 is 47.4. The van der Waals surface area contributed by atoms with Crippen molar-refractivity contribution < 1.29 is 22.7 Å². The van der Waals surface area contributed by atoms with E-state index in [-0.39, 0.29) is 22.7 Å². The highest BCUT2D eigenvalue weighted by molar-refractivity contribution is 14.1. The van der Waals surface area contributed by atoms with Gasteiger partial charge in [-0.05, 0) is 108 Å². The quantitative estimate of drug-likeness (QED) is 0.177. The minimum Gasteiger partial charge on any atom is -0.455 e. The second kappa shape index (κ2) is 9.94. The Kier molecular flexibility index (Phi) is 7.96. The van der Waals surface area contributed by atoms with Crippen LogP contribution in [0.4, 0.5) is 13.2 Å². The first-order valence-corrected chi connectivity index (χ1v) is 15.7. The normalized spacial score (nSPS) is 48.5. The molecule has 2 nitrogen and oxygen atoms in total. The Morgan fingerprint density at radius 1 is 1.11 bits per heavy atom. The molecule has 35 heavy (non-hydrogen) atoms. The maximum absolute atomic E-state index is 13.5. The zero-order chi connectivity index (χ0) is 25.9. The number of hydrogen-bond donors (Lipinski definition) is 0. The number of esters is 1. The van der Waals surface area contributed by atoms with Crippen molar-refractivity contribution in [3.05, 3.63) is 0 Å². The molecule has 0 aromatic heterocycles. The fourth-order valence-corrected chi connectivity index (χ4v) is 11.5. The molecule has 4 rings (SSSR count). The predicted molar refractivity (Wildman–Crippen MR) is 142 cm³/mol. The highest BCUT2D eigenvalue weighted by Crippen LogP contribution is 2.71. The SMILES string of the molecule is CC[C@H]1C(OC(=O)C(F)(F)F)C2C3CC[C@H]([C@H](C)CCI)[C@@]3(C)CC(C)C2[C@@]2(C)CC[C@@H](C)C[C@@H]12. The number of carbonyl (C=O) groups excluding carboxylic acids is 1. The molecule has 202 valence electrons. The first-order valence-electron chi connectivity index (χ1n) is 14.1. The van der Waals surface area contributed by atoms with Crippen molar-refractivity contribution in [1.82, 2.24) is 0 Å². The second-order valence-corrected chi connectivity index (χ2v) is 14.5. The molecular weight excluding hydrogens is 564 g/mol. The molecule has 4 aliphatic rings. The van der Waals surface area contributed by atoms with Crippen LogP contribution in [0.5, 0.6) is 0 Å². The van der Waals surface area contributed by atoms with Gasteiger partial charge < -0.3 is 4.74 Å². The average Bonchev–Trinajstić information content (AvgIpc) is 3.10. The minimum absolute atomic E-state index is 0.00988. The lowest BCUT2D eigenvalue weighted by Gasteiger charge is -2.67. The van der Waals surface area contributed by atoms with Gasteiger partial charge in [-0.15, -0.1) is 0 Å². The summed E-state index contributed by atoms with van der Waals surface area (Å²) in [5.41, 5.74) is 0.226. The molecule has 4 saturated carbocycles. The van der Waals surface area contributed by atoms with Crippen LogP contribution >= 0.6 is 22.6 Å². The number of hydrogen-bond acceptors (Lipinski definition) is 2. The first kappa shape index (κ1) is 28.0. The van der Waals surface area contributed by atoms with Crippen LogP contribution in [0.25, 0.3) is 0 Å². The van der Waals surface area contributed by atoms with Gasteiger partial charge in [-0.25, -0.2) is 4.79 Å². The number of fused-ring (bicyclic) bond motifs is 5. The molecule has 0 spiro atoms. The van der Waals surface area contributed by atoms with E-state index < -0.39 is 18.2 Å². The molecule has 5 unspecified atom stereocenters. The minimum atomic E-state index is -4.94. The van der Waals surface area contributed by atoms with Crippen LogP contribution in [0.1, 0.15) is 92.9 Å². The summed E-state index contributed by atoms with van der Waals surface area (Å²) in [5, 5.41) is 0. The zero-order valence-corrected chi connectivity index (χ0v) is 24.6. The maximum Gasteiger partial charge on any atom is 0.490 e. The molecule has 0 radical (unpaired) electrons. The van der Waals surface area contributed by atoms with Crippen LogP contribution in [0, 0.1) is 64.1 Å². The van der Waals surface area contributed by atoms with Crippen molar-refractivity contribution in [2.45, 2.75) is 105 Å². The molecule has 4 aliphatic carbocycles. The molecule has 0 aliphatic heterocycles. The fourth-order valence-electron chi connectivity index (χ4n) is 10.5. The van der Waals surface area contributed by atoms with Gasteiger partial charge in [0.25, 0.3) is 0 Å². The van der Waals surface area contributed by atoms with E-state index in [0.717, 1.165) is 43.0 Å². The molecule has 0 bridgehead atoms. The highest BCUT2D eigenvalue weighted by atomic mass is 127. The van der Waals surface area contributed by atoms with E-state index in [0.29, 0.717) is 41.4 Å². The first-order chi connectivity index (χ1) is 16.3. The zero-order valence-electron chi connectivity index (χ0n) is 22.5. The average molecular weight is 611 g/mol. The van der Waals surface area contributed by atoms with Gasteiger partial charge in [0.15, 0.2) is 0 Å². The number of rotatable bonds is 5. The molecule has 0 aromatic carbocycles. The van der Waals surface area contributed by atoms with Crippen LogP contribution in [0.3, 0.4) is 0 Å². The second-order valence-electron chi connectivity index (χ2n) is 13.5. The summed E-state index contributed by atoms with van der Waals surface area (Å²) in [6.07, 6.45) is 3.18. The van der Waals surface area contributed by atoms with Crippen molar-refractivity contribution in [2.75, 3.05) is 4.43 Å². The van der Waals surface area contributed by atoms with Gasteiger partial charge in [0.1, 0.15) is 6.10 Å². The van der Waals surface area contributed by atoms with Gasteiger partial charge in [0.2, 0.25) is 0 Å². The number of halogens is 4. The molecule has 0 saturated heterocycles. The van der Waals surface area contributed by atoms with E-state index >= 15 is 0 Å².